The Morgan fingerprint density at radius 3 is 2.50 bits per heavy atom. The highest BCUT2D eigenvalue weighted by Gasteiger charge is 2.02. The number of amidine groups is 1. The molecule has 0 aliphatic rings. The fourth-order valence-electron chi connectivity index (χ4n) is 0.856. The fourth-order valence-corrected chi connectivity index (χ4v) is 0.856. The third-order valence-electron chi connectivity index (χ3n) is 1.77. The van der Waals surface area contributed by atoms with E-state index in [1.807, 2.05) is 6.92 Å². The predicted molar refractivity (Wildman–Crippen MR) is 45.2 cm³/mol. The molecule has 0 spiro atoms. The average Bonchev–Trinajstić information content (AvgIpc) is 1.88. The van der Waals surface area contributed by atoms with Gasteiger partial charge in [-0.05, 0) is 6.42 Å². The van der Waals surface area contributed by atoms with Crippen LogP contribution >= 0.6 is 0 Å². The maximum absolute atomic E-state index is 7.11. The van der Waals surface area contributed by atoms with Gasteiger partial charge in [0.2, 0.25) is 0 Å². The normalized spacial score (nSPS) is 13.0. The summed E-state index contributed by atoms with van der Waals surface area (Å²) in [6, 6.07) is 0. The monoisotopic (exact) mass is 142 g/mol. The first-order valence-corrected chi connectivity index (χ1v) is 4.02. The van der Waals surface area contributed by atoms with E-state index in [0.29, 0.717) is 5.84 Å². The van der Waals surface area contributed by atoms with Crippen molar-refractivity contribution in [3.63, 3.8) is 0 Å². The van der Waals surface area contributed by atoms with Crippen LogP contribution in [0.4, 0.5) is 0 Å². The van der Waals surface area contributed by atoms with Crippen LogP contribution in [-0.4, -0.2) is 5.84 Å². The van der Waals surface area contributed by atoms with Gasteiger partial charge in [0.15, 0.2) is 0 Å². The van der Waals surface area contributed by atoms with Crippen LogP contribution in [0.25, 0.3) is 0 Å². The van der Waals surface area contributed by atoms with Crippen LogP contribution in [0, 0.1) is 11.3 Å². The SMILES string of the molecule is CCCCCC(C)C(=N)N. The molecule has 0 aromatic rings. The number of unbranched alkanes of at least 4 members (excludes halogenated alkanes) is 2. The molecule has 0 aromatic heterocycles. The predicted octanol–water partition coefficient (Wildman–Crippen LogP) is 2.14. The van der Waals surface area contributed by atoms with Crippen molar-refractivity contribution in [3.05, 3.63) is 0 Å². The number of nitrogens with one attached hydrogen (secondary N) is 1. The lowest BCUT2D eigenvalue weighted by Crippen LogP contribution is -2.19. The highest BCUT2D eigenvalue weighted by Crippen LogP contribution is 2.07. The lowest BCUT2D eigenvalue weighted by atomic mass is 10.0. The van der Waals surface area contributed by atoms with E-state index in [9.17, 15) is 0 Å². The number of nitrogens with two attached hydrogens (primary N) is 1. The largest absolute Gasteiger partial charge is 0.387 e. The summed E-state index contributed by atoms with van der Waals surface area (Å²) < 4.78 is 0. The summed E-state index contributed by atoms with van der Waals surface area (Å²) in [6.45, 7) is 4.19. The lowest BCUT2D eigenvalue weighted by Gasteiger charge is -2.07. The molecule has 3 N–H and O–H groups in total. The zero-order valence-electron chi connectivity index (χ0n) is 6.98. The van der Waals surface area contributed by atoms with Crippen molar-refractivity contribution < 1.29 is 0 Å². The van der Waals surface area contributed by atoms with E-state index in [0.717, 1.165) is 6.42 Å². The second kappa shape index (κ2) is 5.27. The first-order chi connectivity index (χ1) is 4.68. The van der Waals surface area contributed by atoms with E-state index in [-0.39, 0.29) is 5.92 Å². The van der Waals surface area contributed by atoms with Gasteiger partial charge in [0.1, 0.15) is 0 Å². The molecule has 0 heterocycles. The van der Waals surface area contributed by atoms with E-state index in [1.165, 1.54) is 19.3 Å². The van der Waals surface area contributed by atoms with Crippen molar-refractivity contribution in [2.24, 2.45) is 11.7 Å². The summed E-state index contributed by atoms with van der Waals surface area (Å²) in [7, 11) is 0. The summed E-state index contributed by atoms with van der Waals surface area (Å²) in [5.41, 5.74) is 5.30. The molecule has 0 saturated carbocycles. The number of rotatable bonds is 5. The van der Waals surface area contributed by atoms with Gasteiger partial charge in [-0.1, -0.05) is 33.1 Å². The lowest BCUT2D eigenvalue weighted by molar-refractivity contribution is 0.593. The van der Waals surface area contributed by atoms with Gasteiger partial charge in [-0.2, -0.15) is 0 Å². The second-order valence-corrected chi connectivity index (χ2v) is 2.85. The summed E-state index contributed by atoms with van der Waals surface area (Å²) >= 11 is 0. The minimum Gasteiger partial charge on any atom is -0.387 e. The molecule has 60 valence electrons. The standard InChI is InChI=1S/C8H18N2/c1-3-4-5-6-7(2)8(9)10/h7H,3-6H2,1-2H3,(H3,9,10). The van der Waals surface area contributed by atoms with E-state index in [2.05, 4.69) is 6.92 Å². The smallest absolute Gasteiger partial charge is 0.0934 e. The van der Waals surface area contributed by atoms with Crippen LogP contribution in [0.1, 0.15) is 39.5 Å². The third kappa shape index (κ3) is 4.36. The van der Waals surface area contributed by atoms with Crippen molar-refractivity contribution in [2.75, 3.05) is 0 Å². The van der Waals surface area contributed by atoms with Gasteiger partial charge in [0.05, 0.1) is 5.84 Å². The van der Waals surface area contributed by atoms with E-state index in [1.54, 1.807) is 0 Å². The van der Waals surface area contributed by atoms with E-state index < -0.39 is 0 Å². The summed E-state index contributed by atoms with van der Waals surface area (Å²) in [4.78, 5) is 0. The number of hydrogen-bond donors (Lipinski definition) is 2. The Morgan fingerprint density at radius 1 is 1.50 bits per heavy atom. The van der Waals surface area contributed by atoms with Gasteiger partial charge in [-0.3, -0.25) is 5.41 Å². The van der Waals surface area contributed by atoms with Gasteiger partial charge >= 0.3 is 0 Å². The van der Waals surface area contributed by atoms with Crippen molar-refractivity contribution in [1.82, 2.24) is 0 Å². The Bertz CT molecular complexity index is 99.4. The molecule has 0 aliphatic carbocycles. The molecule has 0 fully saturated rings. The van der Waals surface area contributed by atoms with Crippen molar-refractivity contribution >= 4 is 5.84 Å². The molecule has 0 rings (SSSR count). The van der Waals surface area contributed by atoms with Gasteiger partial charge in [0, 0.05) is 5.92 Å². The molecule has 0 saturated heterocycles. The zero-order valence-corrected chi connectivity index (χ0v) is 6.98. The molecular weight excluding hydrogens is 124 g/mol. The van der Waals surface area contributed by atoms with Gasteiger partial charge in [-0.15, -0.1) is 0 Å². The molecule has 1 unspecified atom stereocenters. The minimum atomic E-state index is 0.284. The molecule has 0 aliphatic heterocycles. The van der Waals surface area contributed by atoms with Crippen LogP contribution in [0.3, 0.4) is 0 Å². The maximum Gasteiger partial charge on any atom is 0.0934 e. The molecule has 0 bridgehead atoms. The van der Waals surface area contributed by atoms with Crippen LogP contribution in [0.2, 0.25) is 0 Å². The Kier molecular flexibility index (Phi) is 4.99. The molecule has 0 radical (unpaired) electrons. The minimum absolute atomic E-state index is 0.284. The highest BCUT2D eigenvalue weighted by atomic mass is 14.7. The average molecular weight is 142 g/mol. The zero-order chi connectivity index (χ0) is 7.98. The van der Waals surface area contributed by atoms with Crippen LogP contribution < -0.4 is 5.73 Å². The summed E-state index contributed by atoms with van der Waals surface area (Å²) in [5.74, 6) is 0.614. The Morgan fingerprint density at radius 2 is 2.10 bits per heavy atom. The molecule has 0 amide bonds. The molecule has 2 nitrogen and oxygen atoms in total. The summed E-state index contributed by atoms with van der Waals surface area (Å²) in [6.07, 6.45) is 4.78. The van der Waals surface area contributed by atoms with Crippen LogP contribution in [0.5, 0.6) is 0 Å². The molecule has 10 heavy (non-hydrogen) atoms. The fraction of sp³-hybridized carbons (Fsp3) is 0.875. The van der Waals surface area contributed by atoms with E-state index >= 15 is 0 Å². The Balaban J connectivity index is 3.21. The quantitative estimate of drug-likeness (QED) is 0.345. The molecule has 2 heteroatoms. The van der Waals surface area contributed by atoms with E-state index in [4.69, 9.17) is 11.1 Å². The topological polar surface area (TPSA) is 49.9 Å². The third-order valence-corrected chi connectivity index (χ3v) is 1.77. The van der Waals surface area contributed by atoms with Crippen molar-refractivity contribution in [3.8, 4) is 0 Å². The number of hydrogen-bond acceptors (Lipinski definition) is 1. The highest BCUT2D eigenvalue weighted by molar-refractivity contribution is 5.79. The first-order valence-electron chi connectivity index (χ1n) is 4.02. The van der Waals surface area contributed by atoms with Crippen LogP contribution in [-0.2, 0) is 0 Å². The second-order valence-electron chi connectivity index (χ2n) is 2.85. The van der Waals surface area contributed by atoms with Crippen LogP contribution in [0.15, 0.2) is 0 Å². The first kappa shape index (κ1) is 9.47. The molecule has 0 aromatic carbocycles. The van der Waals surface area contributed by atoms with Gasteiger partial charge in [0.25, 0.3) is 0 Å². The maximum atomic E-state index is 7.11. The Labute approximate surface area is 63.3 Å². The van der Waals surface area contributed by atoms with Gasteiger partial charge < -0.3 is 5.73 Å². The summed E-state index contributed by atoms with van der Waals surface area (Å²) in [5, 5.41) is 7.11. The van der Waals surface area contributed by atoms with Crippen molar-refractivity contribution in [1.29, 1.82) is 5.41 Å². The molecule has 1 atom stereocenters. The van der Waals surface area contributed by atoms with Crippen molar-refractivity contribution in [2.45, 2.75) is 39.5 Å². The Hall–Kier alpha value is -0.530. The van der Waals surface area contributed by atoms with Gasteiger partial charge in [-0.25, -0.2) is 0 Å². The molecular formula is C8H18N2.